The highest BCUT2D eigenvalue weighted by atomic mass is 32.2. The molecule has 0 bridgehead atoms. The third kappa shape index (κ3) is 4.65. The molecular weight excluding hydrogens is 491 g/mol. The predicted molar refractivity (Wildman–Crippen MR) is 145 cm³/mol. The van der Waals surface area contributed by atoms with Crippen LogP contribution in [0.5, 0.6) is 0 Å². The van der Waals surface area contributed by atoms with Crippen molar-refractivity contribution in [3.63, 3.8) is 0 Å². The lowest BCUT2D eigenvalue weighted by Crippen LogP contribution is -2.59. The minimum absolute atomic E-state index is 0.0759. The Kier molecular flexibility index (Phi) is 6.39. The zero-order chi connectivity index (χ0) is 26.2. The lowest BCUT2D eigenvalue weighted by Gasteiger charge is -2.42. The van der Waals surface area contributed by atoms with Crippen LogP contribution in [0.2, 0.25) is 0 Å². The van der Waals surface area contributed by atoms with E-state index in [1.54, 1.807) is 44.2 Å². The smallest absolute Gasteiger partial charge is 0.283 e. The number of fused-ring (bicyclic) bond motifs is 1. The molecule has 2 aliphatic rings. The van der Waals surface area contributed by atoms with Crippen LogP contribution in [0.1, 0.15) is 19.4 Å². The predicted octanol–water partition coefficient (Wildman–Crippen LogP) is 5.07. The minimum Gasteiger partial charge on any atom is -0.322 e. The van der Waals surface area contributed by atoms with Gasteiger partial charge in [0.05, 0.1) is 22.8 Å². The summed E-state index contributed by atoms with van der Waals surface area (Å²) >= 11 is 1.09. The van der Waals surface area contributed by atoms with Gasteiger partial charge in [0.15, 0.2) is 5.17 Å². The molecule has 0 fully saturated rings. The molecule has 7 nitrogen and oxygen atoms in total. The summed E-state index contributed by atoms with van der Waals surface area (Å²) in [6.45, 7) is 3.37. The van der Waals surface area contributed by atoms with Crippen LogP contribution in [-0.2, 0) is 14.4 Å². The molecule has 37 heavy (non-hydrogen) atoms. The van der Waals surface area contributed by atoms with Gasteiger partial charge in [-0.1, -0.05) is 54.2 Å². The summed E-state index contributed by atoms with van der Waals surface area (Å²) in [6.07, 6.45) is 1.67. The Morgan fingerprint density at radius 2 is 1.68 bits per heavy atom. The van der Waals surface area contributed by atoms with E-state index in [0.717, 1.165) is 17.3 Å². The molecule has 0 saturated heterocycles. The van der Waals surface area contributed by atoms with Crippen molar-refractivity contribution in [3.05, 3.63) is 95.9 Å². The van der Waals surface area contributed by atoms with Gasteiger partial charge in [0.25, 0.3) is 5.91 Å². The highest BCUT2D eigenvalue weighted by Crippen LogP contribution is 2.37. The van der Waals surface area contributed by atoms with Gasteiger partial charge in [-0.2, -0.15) is 0 Å². The summed E-state index contributed by atoms with van der Waals surface area (Å²) in [4.78, 5) is 47.0. The zero-order valence-electron chi connectivity index (χ0n) is 20.1. The van der Waals surface area contributed by atoms with E-state index in [1.165, 1.54) is 34.1 Å². The Labute approximate surface area is 217 Å². The molecular formula is C28H23FN4O3S. The van der Waals surface area contributed by atoms with Gasteiger partial charge in [-0.3, -0.25) is 24.2 Å². The van der Waals surface area contributed by atoms with Crippen LogP contribution in [-0.4, -0.2) is 34.2 Å². The molecule has 1 N–H and O–H groups in total. The van der Waals surface area contributed by atoms with Gasteiger partial charge in [0, 0.05) is 0 Å². The largest absolute Gasteiger partial charge is 0.322 e. The van der Waals surface area contributed by atoms with Crippen molar-refractivity contribution < 1.29 is 18.8 Å². The number of carbonyl (C=O) groups is 3. The van der Waals surface area contributed by atoms with Crippen LogP contribution < -0.4 is 15.1 Å². The fraction of sp³-hybridized carbons (Fsp3) is 0.143. The van der Waals surface area contributed by atoms with Crippen LogP contribution in [0.3, 0.4) is 0 Å². The standard InChI is InChI=1S/C28H23FN4O3S/c1-28(2)26(36)30-21-10-6-7-11-23(21)33(28)24(34)17-37-27-31-22(16-18-8-4-3-5-9-18)25(35)32(27)20-14-12-19(29)13-15-20/h3-16H,17H2,1-2H3,(H,30,36)/b22-16-. The molecule has 2 aliphatic heterocycles. The molecule has 3 aromatic rings. The van der Waals surface area contributed by atoms with Crippen molar-refractivity contribution in [2.75, 3.05) is 20.9 Å². The lowest BCUT2D eigenvalue weighted by molar-refractivity contribution is -0.125. The number of anilines is 3. The Morgan fingerprint density at radius 1 is 1.00 bits per heavy atom. The maximum absolute atomic E-state index is 13.6. The van der Waals surface area contributed by atoms with Gasteiger partial charge in [0.1, 0.15) is 17.1 Å². The number of halogens is 1. The number of nitrogens with one attached hydrogen (secondary N) is 1. The van der Waals surface area contributed by atoms with E-state index in [-0.39, 0.29) is 29.2 Å². The molecule has 186 valence electrons. The van der Waals surface area contributed by atoms with Crippen molar-refractivity contribution in [1.82, 2.24) is 0 Å². The number of nitrogens with zero attached hydrogens (tertiary/aromatic N) is 3. The van der Waals surface area contributed by atoms with Gasteiger partial charge >= 0.3 is 0 Å². The lowest BCUT2D eigenvalue weighted by atomic mass is 9.96. The van der Waals surface area contributed by atoms with Crippen LogP contribution in [0.15, 0.2) is 89.6 Å². The Bertz CT molecular complexity index is 1450. The first kappa shape index (κ1) is 24.5. The molecule has 0 radical (unpaired) electrons. The number of amidine groups is 1. The van der Waals surface area contributed by atoms with E-state index in [0.29, 0.717) is 22.2 Å². The Morgan fingerprint density at radius 3 is 2.41 bits per heavy atom. The fourth-order valence-corrected chi connectivity index (χ4v) is 5.07. The van der Waals surface area contributed by atoms with Crippen molar-refractivity contribution in [3.8, 4) is 0 Å². The number of hydrogen-bond acceptors (Lipinski definition) is 5. The van der Waals surface area contributed by atoms with Crippen LogP contribution in [0.25, 0.3) is 6.08 Å². The summed E-state index contributed by atoms with van der Waals surface area (Å²) in [7, 11) is 0. The monoisotopic (exact) mass is 514 g/mol. The van der Waals surface area contributed by atoms with E-state index in [1.807, 2.05) is 30.3 Å². The number of amides is 3. The summed E-state index contributed by atoms with van der Waals surface area (Å²) < 4.78 is 13.6. The molecule has 0 saturated carbocycles. The average Bonchev–Trinajstić information content (AvgIpc) is 3.19. The topological polar surface area (TPSA) is 82.1 Å². The first-order valence-electron chi connectivity index (χ1n) is 11.6. The molecule has 0 aliphatic carbocycles. The van der Waals surface area contributed by atoms with Gasteiger partial charge < -0.3 is 5.32 Å². The summed E-state index contributed by atoms with van der Waals surface area (Å²) in [6, 6.07) is 21.9. The van der Waals surface area contributed by atoms with Gasteiger partial charge in [-0.05, 0) is 61.9 Å². The molecule has 3 amide bonds. The number of para-hydroxylation sites is 2. The second-order valence-electron chi connectivity index (χ2n) is 9.00. The zero-order valence-corrected chi connectivity index (χ0v) is 21.0. The van der Waals surface area contributed by atoms with Crippen molar-refractivity contribution in [1.29, 1.82) is 0 Å². The third-order valence-electron chi connectivity index (χ3n) is 6.10. The van der Waals surface area contributed by atoms with E-state index in [4.69, 9.17) is 0 Å². The van der Waals surface area contributed by atoms with Crippen molar-refractivity contribution in [2.24, 2.45) is 4.99 Å². The summed E-state index contributed by atoms with van der Waals surface area (Å²) in [5.74, 6) is -1.49. The van der Waals surface area contributed by atoms with Gasteiger partial charge in [0.2, 0.25) is 11.8 Å². The highest BCUT2D eigenvalue weighted by Gasteiger charge is 2.44. The van der Waals surface area contributed by atoms with E-state index < -0.39 is 11.4 Å². The normalized spacial score (nSPS) is 17.5. The van der Waals surface area contributed by atoms with Crippen LogP contribution in [0.4, 0.5) is 21.5 Å². The maximum Gasteiger partial charge on any atom is 0.283 e. The minimum atomic E-state index is -1.12. The SMILES string of the molecule is CC1(C)C(=O)Nc2ccccc2N1C(=O)CSC1=N/C(=C\c2ccccc2)C(=O)N1c1ccc(F)cc1. The summed E-state index contributed by atoms with van der Waals surface area (Å²) in [5.41, 5.74) is 1.47. The quantitative estimate of drug-likeness (QED) is 0.493. The average molecular weight is 515 g/mol. The molecule has 0 unspecified atom stereocenters. The molecule has 3 aromatic carbocycles. The van der Waals surface area contributed by atoms with E-state index in [9.17, 15) is 18.8 Å². The first-order valence-corrected chi connectivity index (χ1v) is 12.6. The van der Waals surface area contributed by atoms with Crippen molar-refractivity contribution >= 4 is 57.8 Å². The Balaban J connectivity index is 1.45. The van der Waals surface area contributed by atoms with Crippen molar-refractivity contribution in [2.45, 2.75) is 19.4 Å². The van der Waals surface area contributed by atoms with Crippen LogP contribution in [0, 0.1) is 5.82 Å². The first-order chi connectivity index (χ1) is 17.8. The van der Waals surface area contributed by atoms with Gasteiger partial charge in [-0.25, -0.2) is 9.38 Å². The molecule has 0 aromatic heterocycles. The molecule has 0 spiro atoms. The number of aliphatic imine (C=N–C) groups is 1. The third-order valence-corrected chi connectivity index (χ3v) is 7.02. The Hall–Kier alpha value is -4.24. The van der Waals surface area contributed by atoms with Crippen LogP contribution >= 0.6 is 11.8 Å². The molecule has 2 heterocycles. The number of thioether (sulfide) groups is 1. The number of benzene rings is 3. The number of carbonyl (C=O) groups excluding carboxylic acids is 3. The fourth-order valence-electron chi connectivity index (χ4n) is 4.21. The molecule has 9 heteroatoms. The molecule has 0 atom stereocenters. The summed E-state index contributed by atoms with van der Waals surface area (Å²) in [5, 5.41) is 3.14. The second-order valence-corrected chi connectivity index (χ2v) is 9.94. The second kappa shape index (κ2) is 9.67. The van der Waals surface area contributed by atoms with E-state index >= 15 is 0 Å². The highest BCUT2D eigenvalue weighted by molar-refractivity contribution is 8.14. The number of rotatable bonds is 4. The van der Waals surface area contributed by atoms with E-state index in [2.05, 4.69) is 10.3 Å². The molecule has 5 rings (SSSR count). The van der Waals surface area contributed by atoms with Gasteiger partial charge in [-0.15, -0.1) is 0 Å². The maximum atomic E-state index is 13.6. The number of hydrogen-bond donors (Lipinski definition) is 1.